The standard InChI is InChI=1S/C9H5ClN2O3S/c10-4-1-2-12-5-3-6(16-7(4)5)8(13)15-9(11)14/h1-3H,(H2,11,14). The Labute approximate surface area is 98.8 Å². The van der Waals surface area contributed by atoms with E-state index in [4.69, 9.17) is 17.3 Å². The zero-order valence-electron chi connectivity index (χ0n) is 7.77. The topological polar surface area (TPSA) is 82.3 Å². The van der Waals surface area contributed by atoms with Crippen LogP contribution >= 0.6 is 22.9 Å². The highest BCUT2D eigenvalue weighted by molar-refractivity contribution is 7.21. The number of amides is 1. The van der Waals surface area contributed by atoms with Gasteiger partial charge in [0.1, 0.15) is 4.88 Å². The first-order valence-corrected chi connectivity index (χ1v) is 5.33. The Hall–Kier alpha value is -1.66. The average molecular weight is 257 g/mol. The maximum absolute atomic E-state index is 11.4. The van der Waals surface area contributed by atoms with Crippen molar-refractivity contribution in [1.29, 1.82) is 0 Å². The first-order chi connectivity index (χ1) is 7.58. The van der Waals surface area contributed by atoms with Gasteiger partial charge in [-0.25, -0.2) is 9.59 Å². The molecule has 0 aliphatic heterocycles. The van der Waals surface area contributed by atoms with Crippen molar-refractivity contribution in [3.05, 3.63) is 28.2 Å². The minimum atomic E-state index is -1.14. The fraction of sp³-hybridized carbons (Fsp3) is 0. The summed E-state index contributed by atoms with van der Waals surface area (Å²) in [4.78, 5) is 26.0. The van der Waals surface area contributed by atoms with Gasteiger partial charge in [-0.1, -0.05) is 11.6 Å². The predicted octanol–water partition coefficient (Wildman–Crippen LogP) is 2.19. The second-order valence-electron chi connectivity index (χ2n) is 2.83. The van der Waals surface area contributed by atoms with Gasteiger partial charge in [0.05, 0.1) is 15.2 Å². The van der Waals surface area contributed by atoms with Crippen LogP contribution in [0.1, 0.15) is 9.67 Å². The molecule has 2 rings (SSSR count). The molecule has 0 fully saturated rings. The molecule has 2 aromatic heterocycles. The zero-order chi connectivity index (χ0) is 11.7. The predicted molar refractivity (Wildman–Crippen MR) is 59.6 cm³/mol. The number of carbonyl (C=O) groups excluding carboxylic acids is 2. The Kier molecular flexibility index (Phi) is 2.76. The van der Waals surface area contributed by atoms with Gasteiger partial charge >= 0.3 is 12.1 Å². The Balaban J connectivity index is 2.43. The largest absolute Gasteiger partial charge is 0.412 e. The number of ether oxygens (including phenoxy) is 1. The molecular weight excluding hydrogens is 252 g/mol. The number of pyridine rings is 1. The van der Waals surface area contributed by atoms with E-state index in [1.165, 1.54) is 12.3 Å². The molecule has 0 bridgehead atoms. The molecule has 0 radical (unpaired) electrons. The third-order valence-corrected chi connectivity index (χ3v) is 3.32. The Morgan fingerprint density at radius 2 is 2.25 bits per heavy atom. The highest BCUT2D eigenvalue weighted by atomic mass is 35.5. The van der Waals surface area contributed by atoms with Crippen LogP contribution in [0.25, 0.3) is 10.2 Å². The Morgan fingerprint density at radius 3 is 2.88 bits per heavy atom. The highest BCUT2D eigenvalue weighted by Gasteiger charge is 2.15. The number of aromatic nitrogens is 1. The van der Waals surface area contributed by atoms with Crippen LogP contribution in [0.5, 0.6) is 0 Å². The number of carbonyl (C=O) groups is 2. The van der Waals surface area contributed by atoms with Gasteiger partial charge in [-0.05, 0) is 12.1 Å². The average Bonchev–Trinajstić information content (AvgIpc) is 2.61. The SMILES string of the molecule is NC(=O)OC(=O)c1cc2nccc(Cl)c2s1. The summed E-state index contributed by atoms with van der Waals surface area (Å²) in [5.41, 5.74) is 5.31. The highest BCUT2D eigenvalue weighted by Crippen LogP contribution is 2.30. The molecule has 82 valence electrons. The van der Waals surface area contributed by atoms with Gasteiger partial charge in [-0.15, -0.1) is 11.3 Å². The number of hydrogen-bond donors (Lipinski definition) is 1. The molecule has 0 atom stereocenters. The fourth-order valence-electron chi connectivity index (χ4n) is 1.15. The number of nitrogens with two attached hydrogens (primary N) is 1. The lowest BCUT2D eigenvalue weighted by molar-refractivity contribution is 0.0643. The molecule has 0 unspecified atom stereocenters. The summed E-state index contributed by atoms with van der Waals surface area (Å²) >= 11 is 7.00. The van der Waals surface area contributed by atoms with Crippen LogP contribution in [0, 0.1) is 0 Å². The van der Waals surface area contributed by atoms with Crippen molar-refractivity contribution in [2.75, 3.05) is 0 Å². The van der Waals surface area contributed by atoms with E-state index in [2.05, 4.69) is 9.72 Å². The van der Waals surface area contributed by atoms with E-state index in [1.807, 2.05) is 0 Å². The van der Waals surface area contributed by atoms with Crippen LogP contribution < -0.4 is 5.73 Å². The number of halogens is 1. The smallest absolute Gasteiger partial charge is 0.372 e. The monoisotopic (exact) mass is 256 g/mol. The molecule has 0 saturated carbocycles. The van der Waals surface area contributed by atoms with Crippen LogP contribution in [0.3, 0.4) is 0 Å². The van der Waals surface area contributed by atoms with E-state index in [1.54, 1.807) is 6.07 Å². The number of fused-ring (bicyclic) bond motifs is 1. The third kappa shape index (κ3) is 1.98. The van der Waals surface area contributed by atoms with Crippen molar-refractivity contribution in [2.24, 2.45) is 5.73 Å². The summed E-state index contributed by atoms with van der Waals surface area (Å²) in [6.45, 7) is 0. The van der Waals surface area contributed by atoms with Crippen LogP contribution in [0.15, 0.2) is 18.3 Å². The van der Waals surface area contributed by atoms with Gasteiger partial charge in [0.15, 0.2) is 0 Å². The number of esters is 1. The molecule has 2 aromatic rings. The molecule has 1 amide bonds. The summed E-state index contributed by atoms with van der Waals surface area (Å²) < 4.78 is 4.91. The molecule has 2 N–H and O–H groups in total. The minimum Gasteiger partial charge on any atom is -0.372 e. The van der Waals surface area contributed by atoms with Gasteiger partial charge in [-0.2, -0.15) is 0 Å². The zero-order valence-corrected chi connectivity index (χ0v) is 9.34. The van der Waals surface area contributed by atoms with E-state index in [9.17, 15) is 9.59 Å². The van der Waals surface area contributed by atoms with Gasteiger partial charge in [0.25, 0.3) is 0 Å². The minimum absolute atomic E-state index is 0.231. The Morgan fingerprint density at radius 1 is 1.50 bits per heavy atom. The number of thiophene rings is 1. The molecule has 0 aliphatic rings. The van der Waals surface area contributed by atoms with Crippen molar-refractivity contribution in [2.45, 2.75) is 0 Å². The van der Waals surface area contributed by atoms with Crippen molar-refractivity contribution in [3.63, 3.8) is 0 Å². The van der Waals surface area contributed by atoms with Gasteiger partial charge in [0.2, 0.25) is 0 Å². The van der Waals surface area contributed by atoms with E-state index < -0.39 is 12.1 Å². The second-order valence-corrected chi connectivity index (χ2v) is 4.29. The van der Waals surface area contributed by atoms with Crippen LogP contribution in [0.2, 0.25) is 5.02 Å². The molecule has 0 aliphatic carbocycles. The maximum Gasteiger partial charge on any atom is 0.412 e. The fourth-order valence-corrected chi connectivity index (χ4v) is 2.32. The molecular formula is C9H5ClN2O3S. The van der Waals surface area contributed by atoms with E-state index in [-0.39, 0.29) is 4.88 Å². The number of nitrogens with zero attached hydrogens (tertiary/aromatic N) is 1. The molecule has 0 aromatic carbocycles. The maximum atomic E-state index is 11.4. The molecule has 5 nitrogen and oxygen atoms in total. The third-order valence-electron chi connectivity index (χ3n) is 1.76. The van der Waals surface area contributed by atoms with E-state index in [0.717, 1.165) is 11.3 Å². The molecule has 2 heterocycles. The van der Waals surface area contributed by atoms with Crippen LogP contribution in [0.4, 0.5) is 4.79 Å². The molecule has 16 heavy (non-hydrogen) atoms. The van der Waals surface area contributed by atoms with Crippen molar-refractivity contribution >= 4 is 45.2 Å². The van der Waals surface area contributed by atoms with Gasteiger partial charge in [0, 0.05) is 6.20 Å². The van der Waals surface area contributed by atoms with Crippen molar-refractivity contribution in [3.8, 4) is 0 Å². The molecule has 7 heteroatoms. The van der Waals surface area contributed by atoms with Gasteiger partial charge < -0.3 is 10.5 Å². The van der Waals surface area contributed by atoms with Gasteiger partial charge in [-0.3, -0.25) is 4.98 Å². The number of rotatable bonds is 1. The summed E-state index contributed by atoms with van der Waals surface area (Å²) in [6.07, 6.45) is 0.391. The lowest BCUT2D eigenvalue weighted by Crippen LogP contribution is -2.17. The van der Waals surface area contributed by atoms with Crippen LogP contribution in [-0.2, 0) is 4.74 Å². The normalized spacial score (nSPS) is 10.3. The summed E-state index contributed by atoms with van der Waals surface area (Å²) in [7, 11) is 0. The summed E-state index contributed by atoms with van der Waals surface area (Å²) in [5, 5.41) is 0.494. The first-order valence-electron chi connectivity index (χ1n) is 4.13. The summed E-state index contributed by atoms with van der Waals surface area (Å²) in [5.74, 6) is -0.799. The van der Waals surface area contributed by atoms with Crippen LogP contribution in [-0.4, -0.2) is 17.0 Å². The first kappa shape index (κ1) is 10.8. The van der Waals surface area contributed by atoms with Crippen molar-refractivity contribution in [1.82, 2.24) is 4.98 Å². The quantitative estimate of drug-likeness (QED) is 0.626. The van der Waals surface area contributed by atoms with Crippen molar-refractivity contribution < 1.29 is 14.3 Å². The summed E-state index contributed by atoms with van der Waals surface area (Å²) in [6, 6.07) is 3.11. The van der Waals surface area contributed by atoms with E-state index in [0.29, 0.717) is 15.2 Å². The number of primary amides is 1. The molecule has 0 saturated heterocycles. The second kappa shape index (κ2) is 4.07. The molecule has 0 spiro atoms. The lowest BCUT2D eigenvalue weighted by atomic mass is 10.4. The number of hydrogen-bond acceptors (Lipinski definition) is 5. The van der Waals surface area contributed by atoms with E-state index >= 15 is 0 Å². The Bertz CT molecular complexity index is 581. The lowest BCUT2D eigenvalue weighted by Gasteiger charge is -1.93.